The molecule has 0 fully saturated rings. The van der Waals surface area contributed by atoms with Crippen molar-refractivity contribution in [2.75, 3.05) is 11.9 Å². The van der Waals surface area contributed by atoms with E-state index in [2.05, 4.69) is 10.6 Å². The number of hydrogen-bond donors (Lipinski definition) is 2. The van der Waals surface area contributed by atoms with Gasteiger partial charge in [-0.25, -0.2) is 0 Å². The molecule has 0 aromatic heterocycles. The summed E-state index contributed by atoms with van der Waals surface area (Å²) in [5, 5.41) is 5.48. The monoisotopic (exact) mass is 402 g/mol. The number of carbonyl (C=O) groups is 2. The molecule has 0 saturated carbocycles. The quantitative estimate of drug-likeness (QED) is 0.595. The van der Waals surface area contributed by atoms with Crippen molar-refractivity contribution >= 4 is 17.5 Å². The molecule has 3 rings (SSSR count). The lowest BCUT2D eigenvalue weighted by atomic mass is 10.0. The van der Waals surface area contributed by atoms with Crippen molar-refractivity contribution < 1.29 is 14.3 Å². The summed E-state index contributed by atoms with van der Waals surface area (Å²) in [4.78, 5) is 24.6. The minimum Gasteiger partial charge on any atom is -0.491 e. The molecule has 5 heteroatoms. The summed E-state index contributed by atoms with van der Waals surface area (Å²) in [5.74, 6) is 0.180. The van der Waals surface area contributed by atoms with E-state index in [-0.39, 0.29) is 24.5 Å². The average Bonchev–Trinajstić information content (AvgIpc) is 2.74. The molecule has 0 aliphatic heterocycles. The first kappa shape index (κ1) is 21.1. The topological polar surface area (TPSA) is 67.4 Å². The summed E-state index contributed by atoms with van der Waals surface area (Å²) in [7, 11) is 0. The van der Waals surface area contributed by atoms with E-state index in [9.17, 15) is 9.59 Å². The van der Waals surface area contributed by atoms with Gasteiger partial charge in [0.1, 0.15) is 5.75 Å². The highest BCUT2D eigenvalue weighted by Gasteiger charge is 2.10. The molecule has 0 heterocycles. The molecule has 3 aromatic rings. The Morgan fingerprint density at radius 1 is 0.900 bits per heavy atom. The maximum Gasteiger partial charge on any atom is 0.251 e. The number of benzene rings is 3. The van der Waals surface area contributed by atoms with E-state index >= 15 is 0 Å². The fourth-order valence-electron chi connectivity index (χ4n) is 3.02. The number of hydrogen-bond acceptors (Lipinski definition) is 3. The second kappa shape index (κ2) is 9.74. The lowest BCUT2D eigenvalue weighted by Gasteiger charge is -2.13. The van der Waals surface area contributed by atoms with Crippen LogP contribution in [0.25, 0.3) is 11.1 Å². The first-order valence-corrected chi connectivity index (χ1v) is 9.93. The molecule has 3 aromatic carbocycles. The molecule has 0 bridgehead atoms. The normalized spacial score (nSPS) is 10.5. The Morgan fingerprint density at radius 2 is 1.57 bits per heavy atom. The lowest BCUT2D eigenvalue weighted by molar-refractivity contribution is -0.115. The van der Waals surface area contributed by atoms with Crippen LogP contribution >= 0.6 is 0 Å². The van der Waals surface area contributed by atoms with Crippen molar-refractivity contribution in [1.82, 2.24) is 5.32 Å². The largest absolute Gasteiger partial charge is 0.491 e. The van der Waals surface area contributed by atoms with Crippen LogP contribution in [0.2, 0.25) is 0 Å². The van der Waals surface area contributed by atoms with Crippen molar-refractivity contribution in [3.8, 4) is 16.9 Å². The molecule has 0 atom stereocenters. The summed E-state index contributed by atoms with van der Waals surface area (Å²) in [5.41, 5.74) is 4.21. The summed E-state index contributed by atoms with van der Waals surface area (Å²) in [6.45, 7) is 5.71. The van der Waals surface area contributed by atoms with Crippen LogP contribution in [0.15, 0.2) is 72.8 Å². The van der Waals surface area contributed by atoms with E-state index in [1.807, 2.05) is 75.4 Å². The zero-order chi connectivity index (χ0) is 21.5. The fourth-order valence-corrected chi connectivity index (χ4v) is 3.02. The standard InChI is InChI=1S/C25H26N2O3/c1-17(2)30-22-13-14-23(18(3)15-22)27-24(28)16-26-25(29)21-11-9-20(10-12-21)19-7-5-4-6-8-19/h4-15,17H,16H2,1-3H3,(H,26,29)(H,27,28). The Hall–Kier alpha value is -3.60. The zero-order valence-electron chi connectivity index (χ0n) is 17.4. The van der Waals surface area contributed by atoms with Gasteiger partial charge in [-0.15, -0.1) is 0 Å². The molecular formula is C25H26N2O3. The minimum absolute atomic E-state index is 0.0850. The van der Waals surface area contributed by atoms with Crippen LogP contribution in [-0.2, 0) is 4.79 Å². The maximum atomic E-state index is 12.4. The van der Waals surface area contributed by atoms with Crippen LogP contribution in [0.5, 0.6) is 5.75 Å². The molecule has 0 aliphatic rings. The van der Waals surface area contributed by atoms with Crippen LogP contribution in [0.4, 0.5) is 5.69 Å². The third kappa shape index (κ3) is 5.70. The highest BCUT2D eigenvalue weighted by molar-refractivity contribution is 5.99. The van der Waals surface area contributed by atoms with Crippen molar-refractivity contribution in [3.63, 3.8) is 0 Å². The summed E-state index contributed by atoms with van der Waals surface area (Å²) >= 11 is 0. The second-order valence-electron chi connectivity index (χ2n) is 7.32. The summed E-state index contributed by atoms with van der Waals surface area (Å²) in [6, 6.07) is 22.7. The van der Waals surface area contributed by atoms with Crippen molar-refractivity contribution in [2.24, 2.45) is 0 Å². The average molecular weight is 402 g/mol. The molecule has 0 saturated heterocycles. The van der Waals surface area contributed by atoms with Crippen LogP contribution in [0, 0.1) is 6.92 Å². The highest BCUT2D eigenvalue weighted by atomic mass is 16.5. The van der Waals surface area contributed by atoms with Gasteiger partial charge in [-0.05, 0) is 67.8 Å². The van der Waals surface area contributed by atoms with E-state index in [0.717, 1.165) is 22.4 Å². The van der Waals surface area contributed by atoms with Gasteiger partial charge in [0.15, 0.2) is 0 Å². The predicted molar refractivity (Wildman–Crippen MR) is 120 cm³/mol. The van der Waals surface area contributed by atoms with Gasteiger partial charge >= 0.3 is 0 Å². The molecule has 0 spiro atoms. The lowest BCUT2D eigenvalue weighted by Crippen LogP contribution is -2.33. The third-order valence-corrected chi connectivity index (χ3v) is 4.51. The number of nitrogens with one attached hydrogen (secondary N) is 2. The predicted octanol–water partition coefficient (Wildman–Crippen LogP) is 4.82. The van der Waals surface area contributed by atoms with Gasteiger partial charge < -0.3 is 15.4 Å². The molecule has 2 N–H and O–H groups in total. The zero-order valence-corrected chi connectivity index (χ0v) is 17.4. The van der Waals surface area contributed by atoms with Gasteiger partial charge in [-0.2, -0.15) is 0 Å². The Bertz CT molecular complexity index is 1010. The van der Waals surface area contributed by atoms with Gasteiger partial charge in [-0.1, -0.05) is 42.5 Å². The van der Waals surface area contributed by atoms with Crippen LogP contribution in [0.3, 0.4) is 0 Å². The van der Waals surface area contributed by atoms with E-state index in [1.54, 1.807) is 18.2 Å². The number of carbonyl (C=O) groups excluding carboxylic acids is 2. The molecule has 0 aliphatic carbocycles. The van der Waals surface area contributed by atoms with Gasteiger partial charge in [0.05, 0.1) is 12.6 Å². The molecule has 30 heavy (non-hydrogen) atoms. The third-order valence-electron chi connectivity index (χ3n) is 4.51. The van der Waals surface area contributed by atoms with Crippen molar-refractivity contribution in [1.29, 1.82) is 0 Å². The van der Waals surface area contributed by atoms with Crippen molar-refractivity contribution in [3.05, 3.63) is 83.9 Å². The second-order valence-corrected chi connectivity index (χ2v) is 7.32. The number of ether oxygens (including phenoxy) is 1. The van der Waals surface area contributed by atoms with E-state index in [1.165, 1.54) is 0 Å². The molecule has 154 valence electrons. The Morgan fingerprint density at radius 3 is 2.20 bits per heavy atom. The van der Waals surface area contributed by atoms with E-state index < -0.39 is 0 Å². The SMILES string of the molecule is Cc1cc(OC(C)C)ccc1NC(=O)CNC(=O)c1ccc(-c2ccccc2)cc1. The Labute approximate surface area is 177 Å². The molecule has 2 amide bonds. The van der Waals surface area contributed by atoms with Crippen LogP contribution < -0.4 is 15.4 Å². The van der Waals surface area contributed by atoms with Gasteiger partial charge in [0.25, 0.3) is 5.91 Å². The molecule has 0 radical (unpaired) electrons. The summed E-state index contributed by atoms with van der Waals surface area (Å²) < 4.78 is 5.65. The Kier molecular flexibility index (Phi) is 6.86. The van der Waals surface area contributed by atoms with Crippen LogP contribution in [0.1, 0.15) is 29.8 Å². The first-order valence-electron chi connectivity index (χ1n) is 9.93. The molecule has 5 nitrogen and oxygen atoms in total. The highest BCUT2D eigenvalue weighted by Crippen LogP contribution is 2.22. The van der Waals surface area contributed by atoms with Crippen LogP contribution in [-0.4, -0.2) is 24.5 Å². The molecule has 0 unspecified atom stereocenters. The minimum atomic E-state index is -0.290. The van der Waals surface area contributed by atoms with Gasteiger partial charge in [-0.3, -0.25) is 9.59 Å². The Balaban J connectivity index is 1.54. The maximum absolute atomic E-state index is 12.4. The van der Waals surface area contributed by atoms with Gasteiger partial charge in [0, 0.05) is 11.3 Å². The van der Waals surface area contributed by atoms with E-state index in [0.29, 0.717) is 11.3 Å². The summed E-state index contributed by atoms with van der Waals surface area (Å²) in [6.07, 6.45) is 0.0850. The fraction of sp³-hybridized carbons (Fsp3) is 0.200. The first-order chi connectivity index (χ1) is 14.4. The van der Waals surface area contributed by atoms with Crippen molar-refractivity contribution in [2.45, 2.75) is 26.9 Å². The van der Waals surface area contributed by atoms with Gasteiger partial charge in [0.2, 0.25) is 5.91 Å². The number of amides is 2. The number of aryl methyl sites for hydroxylation is 1. The number of anilines is 1. The molecular weight excluding hydrogens is 376 g/mol. The van der Waals surface area contributed by atoms with E-state index in [4.69, 9.17) is 4.74 Å². The number of rotatable bonds is 7. The smallest absolute Gasteiger partial charge is 0.251 e.